The lowest BCUT2D eigenvalue weighted by atomic mass is 9.52. The van der Waals surface area contributed by atoms with Crippen LogP contribution in [-0.4, -0.2) is 15.0 Å². The van der Waals surface area contributed by atoms with E-state index in [0.29, 0.717) is 17.5 Å². The van der Waals surface area contributed by atoms with Crippen LogP contribution in [0.4, 0.5) is 0 Å². The molecular weight excluding hydrogens is 787 g/mol. The van der Waals surface area contributed by atoms with E-state index in [1.807, 2.05) is 6.07 Å². The third kappa shape index (κ3) is 6.51. The van der Waals surface area contributed by atoms with Crippen LogP contribution >= 0.6 is 0 Å². The molecule has 3 heteroatoms. The average Bonchev–Trinajstić information content (AvgIpc) is 3.67. The molecule has 6 aromatic carbocycles. The zero-order valence-corrected chi connectivity index (χ0v) is 37.2. The van der Waals surface area contributed by atoms with Crippen molar-refractivity contribution in [3.8, 4) is 45.3 Å². The molecule has 0 saturated heterocycles. The van der Waals surface area contributed by atoms with Crippen LogP contribution in [-0.2, 0) is 11.8 Å². The molecule has 0 aliphatic heterocycles. The highest BCUT2D eigenvalue weighted by molar-refractivity contribution is 5.97. The van der Waals surface area contributed by atoms with E-state index >= 15 is 0 Å². The normalized spacial score (nSPS) is 17.6. The molecule has 3 nitrogen and oxygen atoms in total. The van der Waals surface area contributed by atoms with Crippen molar-refractivity contribution in [1.29, 1.82) is 0 Å². The van der Waals surface area contributed by atoms with Gasteiger partial charge in [-0.25, -0.2) is 15.0 Å². The quantitative estimate of drug-likeness (QED) is 0.161. The Hall–Kier alpha value is -7.23. The molecule has 7 aromatic rings. The predicted octanol–water partition coefficient (Wildman–Crippen LogP) is 15.3. The minimum absolute atomic E-state index is 0.0219. The predicted molar refractivity (Wildman–Crippen MR) is 268 cm³/mol. The number of aromatic nitrogens is 3. The van der Waals surface area contributed by atoms with Crippen LogP contribution in [0.1, 0.15) is 85.8 Å². The SMILES string of the molecule is CC1(C)C2=C(C=CCC2)C2(C3=C1CCC=C3)c1ccc(C3=CC=C(c4ccccc4)CC3)cc1-c1c(-c3nc(-c4ccccc4)nc(-c4ccc(Cc5ccccc5)cc4)n3)cccc12. The van der Waals surface area contributed by atoms with Gasteiger partial charge in [-0.1, -0.05) is 207 Å². The van der Waals surface area contributed by atoms with Crippen molar-refractivity contribution in [3.63, 3.8) is 0 Å². The van der Waals surface area contributed by atoms with Crippen molar-refractivity contribution in [2.24, 2.45) is 5.41 Å². The number of allylic oxidation sites excluding steroid dienone is 12. The summed E-state index contributed by atoms with van der Waals surface area (Å²) in [6.07, 6.45) is 21.7. The monoisotopic (exact) mass is 837 g/mol. The summed E-state index contributed by atoms with van der Waals surface area (Å²) in [6, 6.07) is 54.9. The molecule has 0 N–H and O–H groups in total. The average molecular weight is 838 g/mol. The Bertz CT molecular complexity index is 3170. The molecule has 12 rings (SSSR count). The van der Waals surface area contributed by atoms with Gasteiger partial charge in [0.05, 0.1) is 5.41 Å². The zero-order chi connectivity index (χ0) is 43.5. The van der Waals surface area contributed by atoms with Crippen molar-refractivity contribution in [1.82, 2.24) is 15.0 Å². The van der Waals surface area contributed by atoms with Gasteiger partial charge in [0.15, 0.2) is 17.5 Å². The van der Waals surface area contributed by atoms with Gasteiger partial charge in [0.25, 0.3) is 0 Å². The van der Waals surface area contributed by atoms with Crippen molar-refractivity contribution < 1.29 is 0 Å². The van der Waals surface area contributed by atoms with E-state index < -0.39 is 5.41 Å². The van der Waals surface area contributed by atoms with Gasteiger partial charge in [-0.15, -0.1) is 0 Å². The Balaban J connectivity index is 1.08. The lowest BCUT2D eigenvalue weighted by Gasteiger charge is -2.50. The smallest absolute Gasteiger partial charge is 0.164 e. The molecule has 1 spiro atoms. The number of hydrogen-bond acceptors (Lipinski definition) is 3. The maximum atomic E-state index is 5.44. The van der Waals surface area contributed by atoms with E-state index in [1.165, 1.54) is 66.8 Å². The molecule has 5 aliphatic carbocycles. The van der Waals surface area contributed by atoms with Crippen molar-refractivity contribution in [2.75, 3.05) is 0 Å². The van der Waals surface area contributed by atoms with Crippen molar-refractivity contribution in [2.45, 2.75) is 64.2 Å². The van der Waals surface area contributed by atoms with Crippen LogP contribution in [0.5, 0.6) is 0 Å². The summed E-state index contributed by atoms with van der Waals surface area (Å²) in [6.45, 7) is 4.97. The molecule has 0 saturated carbocycles. The first kappa shape index (κ1) is 39.4. The summed E-state index contributed by atoms with van der Waals surface area (Å²) < 4.78 is 0. The number of fused-ring (bicyclic) bond motifs is 7. The lowest BCUT2D eigenvalue weighted by Crippen LogP contribution is -2.41. The van der Waals surface area contributed by atoms with E-state index in [2.05, 4.69) is 196 Å². The summed E-state index contributed by atoms with van der Waals surface area (Å²) in [7, 11) is 0. The molecule has 314 valence electrons. The molecule has 0 fully saturated rings. The van der Waals surface area contributed by atoms with E-state index in [4.69, 9.17) is 15.0 Å². The first-order chi connectivity index (χ1) is 32.0. The molecule has 0 radical (unpaired) electrons. The number of benzene rings is 6. The van der Waals surface area contributed by atoms with Crippen LogP contribution in [0.2, 0.25) is 0 Å². The maximum absolute atomic E-state index is 5.44. The summed E-state index contributed by atoms with van der Waals surface area (Å²) in [5, 5.41) is 0. The largest absolute Gasteiger partial charge is 0.208 e. The summed E-state index contributed by atoms with van der Waals surface area (Å²) >= 11 is 0. The zero-order valence-electron chi connectivity index (χ0n) is 37.2. The Morgan fingerprint density at radius 2 is 0.985 bits per heavy atom. The van der Waals surface area contributed by atoms with Gasteiger partial charge in [-0.05, 0) is 118 Å². The highest BCUT2D eigenvalue weighted by atomic mass is 15.0. The summed E-state index contributed by atoms with van der Waals surface area (Å²) in [5.41, 5.74) is 21.7. The second-order valence-corrected chi connectivity index (χ2v) is 18.8. The topological polar surface area (TPSA) is 38.7 Å². The van der Waals surface area contributed by atoms with Gasteiger partial charge in [0.2, 0.25) is 0 Å². The van der Waals surface area contributed by atoms with Gasteiger partial charge < -0.3 is 0 Å². The molecule has 0 unspecified atom stereocenters. The number of nitrogens with zero attached hydrogens (tertiary/aromatic N) is 3. The first-order valence-electron chi connectivity index (χ1n) is 23.5. The van der Waals surface area contributed by atoms with Gasteiger partial charge in [-0.2, -0.15) is 0 Å². The molecule has 5 aliphatic rings. The van der Waals surface area contributed by atoms with E-state index in [1.54, 1.807) is 11.1 Å². The minimum atomic E-state index is -0.457. The second-order valence-electron chi connectivity index (χ2n) is 18.8. The van der Waals surface area contributed by atoms with Gasteiger partial charge in [0.1, 0.15) is 0 Å². The number of rotatable bonds is 7. The fourth-order valence-corrected chi connectivity index (χ4v) is 11.7. The Labute approximate surface area is 383 Å². The Morgan fingerprint density at radius 1 is 0.446 bits per heavy atom. The third-order valence-electron chi connectivity index (χ3n) is 14.9. The Kier molecular flexibility index (Phi) is 9.56. The van der Waals surface area contributed by atoms with Crippen LogP contribution in [0.3, 0.4) is 0 Å². The first-order valence-corrected chi connectivity index (χ1v) is 23.5. The number of hydrogen-bond donors (Lipinski definition) is 0. The fourth-order valence-electron chi connectivity index (χ4n) is 11.7. The lowest BCUT2D eigenvalue weighted by molar-refractivity contribution is 0.445. The van der Waals surface area contributed by atoms with E-state index in [9.17, 15) is 0 Å². The highest BCUT2D eigenvalue weighted by Crippen LogP contribution is 2.66. The van der Waals surface area contributed by atoms with Crippen LogP contribution in [0, 0.1) is 5.41 Å². The molecular formula is C62H51N3. The molecule has 65 heavy (non-hydrogen) atoms. The summed E-state index contributed by atoms with van der Waals surface area (Å²) in [4.78, 5) is 16.0. The Morgan fingerprint density at radius 3 is 1.62 bits per heavy atom. The molecule has 0 atom stereocenters. The minimum Gasteiger partial charge on any atom is -0.208 e. The van der Waals surface area contributed by atoms with Crippen LogP contribution < -0.4 is 0 Å². The third-order valence-corrected chi connectivity index (χ3v) is 14.9. The van der Waals surface area contributed by atoms with Crippen LogP contribution in [0.15, 0.2) is 210 Å². The summed E-state index contributed by atoms with van der Waals surface area (Å²) in [5.74, 6) is 2.04. The molecule has 1 aromatic heterocycles. The van der Waals surface area contributed by atoms with Gasteiger partial charge in [0, 0.05) is 22.1 Å². The second kappa shape index (κ2) is 15.8. The maximum Gasteiger partial charge on any atom is 0.164 e. The standard InChI is InChI=1S/C62H51N3/c1-61(2)52-24-12-14-26-54(52)62(55-27-15-13-25-53(55)61)51-38-37-48(45-35-33-44(34-36-45)43-19-8-4-9-20-43)40-50(51)57-49(23-16-28-56(57)62)60-64-58(46-21-10-5-11-22-46)63-59(65-60)47-31-29-42(30-32-47)39-41-17-6-3-7-18-41/h3-11,14-23,26-33,35,37-38,40H,12-13,24-25,34,36,39H2,1-2H3. The van der Waals surface area contributed by atoms with E-state index in [-0.39, 0.29) is 5.41 Å². The van der Waals surface area contributed by atoms with E-state index in [0.717, 1.165) is 61.6 Å². The van der Waals surface area contributed by atoms with Crippen molar-refractivity contribution >= 4 is 11.1 Å². The highest BCUT2D eigenvalue weighted by Gasteiger charge is 2.55. The fraction of sp³-hybridized carbons (Fsp3) is 0.177. The molecule has 0 amide bonds. The van der Waals surface area contributed by atoms with Gasteiger partial charge >= 0.3 is 0 Å². The molecule has 0 bridgehead atoms. The van der Waals surface area contributed by atoms with Crippen LogP contribution in [0.25, 0.3) is 56.4 Å². The van der Waals surface area contributed by atoms with Crippen molar-refractivity contribution in [3.05, 3.63) is 244 Å². The van der Waals surface area contributed by atoms with Gasteiger partial charge in [-0.3, -0.25) is 0 Å². The molecule has 1 heterocycles.